The van der Waals surface area contributed by atoms with Crippen LogP contribution in [0.5, 0.6) is 0 Å². The maximum atomic E-state index is 13.9. The van der Waals surface area contributed by atoms with Gasteiger partial charge in [0.05, 0.1) is 0 Å². The van der Waals surface area contributed by atoms with E-state index >= 15 is 0 Å². The van der Waals surface area contributed by atoms with Gasteiger partial charge in [-0.2, -0.15) is 0 Å². The summed E-state index contributed by atoms with van der Waals surface area (Å²) in [5.74, 6) is -0.0810. The molecule has 0 aromatic heterocycles. The Hall–Kier alpha value is -0.930. The van der Waals surface area contributed by atoms with E-state index in [1.165, 1.54) is 37.7 Å². The van der Waals surface area contributed by atoms with Crippen LogP contribution in [0.3, 0.4) is 0 Å². The normalized spacial score (nSPS) is 15.0. The highest BCUT2D eigenvalue weighted by Crippen LogP contribution is 2.20. The molecule has 2 rings (SSSR count). The zero-order valence-corrected chi connectivity index (χ0v) is 12.8. The lowest BCUT2D eigenvalue weighted by atomic mass is 10.1. The van der Waals surface area contributed by atoms with Gasteiger partial charge >= 0.3 is 0 Å². The summed E-state index contributed by atoms with van der Waals surface area (Å²) in [5, 5.41) is 3.48. The number of benzene rings is 1. The molecule has 20 heavy (non-hydrogen) atoms. The second-order valence-electron chi connectivity index (χ2n) is 6.03. The molecule has 1 saturated carbocycles. The molecule has 1 aliphatic carbocycles. The van der Waals surface area contributed by atoms with Gasteiger partial charge < -0.3 is 10.2 Å². The summed E-state index contributed by atoms with van der Waals surface area (Å²) >= 11 is 0. The van der Waals surface area contributed by atoms with Crippen molar-refractivity contribution in [2.45, 2.75) is 58.2 Å². The van der Waals surface area contributed by atoms with E-state index in [1.807, 2.05) is 12.1 Å². The van der Waals surface area contributed by atoms with Crippen LogP contribution >= 0.6 is 0 Å². The summed E-state index contributed by atoms with van der Waals surface area (Å²) in [4.78, 5) is 2.21. The molecule has 1 fully saturated rings. The molecule has 1 aliphatic rings. The van der Waals surface area contributed by atoms with Gasteiger partial charge in [-0.1, -0.05) is 31.9 Å². The lowest BCUT2D eigenvalue weighted by Gasteiger charge is -2.17. The fraction of sp³-hybridized carbons (Fsp3) is 0.647. The standard InChI is InChI=1S/C17H27FN2/c1-3-4-5-10-20(2)13-15-11-14(6-9-17(15)18)12-19-16-7-8-16/h6,9,11,16,19H,3-5,7-8,10,12-13H2,1-2H3. The highest BCUT2D eigenvalue weighted by Gasteiger charge is 2.20. The van der Waals surface area contributed by atoms with Crippen LogP contribution in [0.1, 0.15) is 50.2 Å². The average Bonchev–Trinajstić information content (AvgIpc) is 3.24. The number of hydrogen-bond acceptors (Lipinski definition) is 2. The van der Waals surface area contributed by atoms with E-state index in [4.69, 9.17) is 0 Å². The van der Waals surface area contributed by atoms with Gasteiger partial charge in [-0.15, -0.1) is 0 Å². The van der Waals surface area contributed by atoms with Gasteiger partial charge in [0.2, 0.25) is 0 Å². The summed E-state index contributed by atoms with van der Waals surface area (Å²) in [6.07, 6.45) is 6.24. The zero-order valence-electron chi connectivity index (χ0n) is 12.8. The molecule has 0 atom stereocenters. The number of halogens is 1. The Morgan fingerprint density at radius 2 is 2.10 bits per heavy atom. The van der Waals surface area contributed by atoms with E-state index in [9.17, 15) is 4.39 Å². The minimum absolute atomic E-state index is 0.0810. The van der Waals surface area contributed by atoms with Crippen LogP contribution in [-0.4, -0.2) is 24.5 Å². The van der Waals surface area contributed by atoms with E-state index in [2.05, 4.69) is 24.2 Å². The van der Waals surface area contributed by atoms with Crippen LogP contribution in [0.4, 0.5) is 4.39 Å². The van der Waals surface area contributed by atoms with Gasteiger partial charge in [0.15, 0.2) is 0 Å². The lowest BCUT2D eigenvalue weighted by molar-refractivity contribution is 0.313. The van der Waals surface area contributed by atoms with Crippen LogP contribution in [0.25, 0.3) is 0 Å². The maximum absolute atomic E-state index is 13.9. The molecule has 0 radical (unpaired) electrons. The summed E-state index contributed by atoms with van der Waals surface area (Å²) in [5.41, 5.74) is 2.01. The van der Waals surface area contributed by atoms with Crippen molar-refractivity contribution in [1.82, 2.24) is 10.2 Å². The van der Waals surface area contributed by atoms with Crippen molar-refractivity contribution in [2.24, 2.45) is 0 Å². The SMILES string of the molecule is CCCCCN(C)Cc1cc(CNC2CC2)ccc1F. The first-order valence-corrected chi connectivity index (χ1v) is 7.88. The topological polar surface area (TPSA) is 15.3 Å². The Kier molecular flexibility index (Phi) is 5.99. The summed E-state index contributed by atoms with van der Waals surface area (Å²) in [7, 11) is 2.07. The molecule has 0 spiro atoms. The molecule has 1 aromatic rings. The van der Waals surface area contributed by atoms with E-state index in [0.29, 0.717) is 12.6 Å². The third-order valence-corrected chi connectivity index (χ3v) is 3.87. The fourth-order valence-electron chi connectivity index (χ4n) is 2.41. The first kappa shape index (κ1) is 15.5. The van der Waals surface area contributed by atoms with E-state index in [0.717, 1.165) is 18.7 Å². The first-order chi connectivity index (χ1) is 9.69. The number of unbranched alkanes of at least 4 members (excludes halogenated alkanes) is 2. The second-order valence-corrected chi connectivity index (χ2v) is 6.03. The highest BCUT2D eigenvalue weighted by atomic mass is 19.1. The van der Waals surface area contributed by atoms with Crippen molar-refractivity contribution in [2.75, 3.05) is 13.6 Å². The summed E-state index contributed by atoms with van der Waals surface area (Å²) in [6, 6.07) is 6.21. The van der Waals surface area contributed by atoms with Gasteiger partial charge in [-0.05, 0) is 44.5 Å². The number of rotatable bonds is 9. The minimum Gasteiger partial charge on any atom is -0.310 e. The molecular formula is C17H27FN2. The molecule has 2 nitrogen and oxygen atoms in total. The third kappa shape index (κ3) is 5.22. The molecule has 0 amide bonds. The van der Waals surface area contributed by atoms with Gasteiger partial charge in [-0.25, -0.2) is 4.39 Å². The van der Waals surface area contributed by atoms with Crippen molar-refractivity contribution in [3.63, 3.8) is 0 Å². The molecule has 112 valence electrons. The van der Waals surface area contributed by atoms with Crippen molar-refractivity contribution in [1.29, 1.82) is 0 Å². The second kappa shape index (κ2) is 7.75. The molecule has 1 aromatic carbocycles. The molecule has 0 unspecified atom stereocenters. The molecule has 3 heteroatoms. The Morgan fingerprint density at radius 1 is 1.30 bits per heavy atom. The Balaban J connectivity index is 1.86. The largest absolute Gasteiger partial charge is 0.310 e. The van der Waals surface area contributed by atoms with Crippen molar-refractivity contribution in [3.8, 4) is 0 Å². The third-order valence-electron chi connectivity index (χ3n) is 3.87. The predicted molar refractivity (Wildman–Crippen MR) is 82.1 cm³/mol. The van der Waals surface area contributed by atoms with Gasteiger partial charge in [0.1, 0.15) is 5.82 Å². The van der Waals surface area contributed by atoms with Crippen LogP contribution < -0.4 is 5.32 Å². The monoisotopic (exact) mass is 278 g/mol. The van der Waals surface area contributed by atoms with Crippen LogP contribution in [0.2, 0.25) is 0 Å². The van der Waals surface area contributed by atoms with Crippen molar-refractivity contribution < 1.29 is 4.39 Å². The number of nitrogens with zero attached hydrogens (tertiary/aromatic N) is 1. The van der Waals surface area contributed by atoms with Crippen LogP contribution in [-0.2, 0) is 13.1 Å². The van der Waals surface area contributed by atoms with Crippen molar-refractivity contribution in [3.05, 3.63) is 35.1 Å². The molecule has 0 bridgehead atoms. The predicted octanol–water partition coefficient (Wildman–Crippen LogP) is 3.70. The molecule has 0 saturated heterocycles. The fourth-order valence-corrected chi connectivity index (χ4v) is 2.41. The average molecular weight is 278 g/mol. The van der Waals surface area contributed by atoms with Crippen molar-refractivity contribution >= 4 is 0 Å². The first-order valence-electron chi connectivity index (χ1n) is 7.88. The molecule has 0 aliphatic heterocycles. The highest BCUT2D eigenvalue weighted by molar-refractivity contribution is 5.25. The Labute approximate surface area is 122 Å². The van der Waals surface area contributed by atoms with E-state index in [1.54, 1.807) is 6.07 Å². The van der Waals surface area contributed by atoms with Gasteiger partial charge in [0.25, 0.3) is 0 Å². The van der Waals surface area contributed by atoms with Gasteiger partial charge in [0, 0.05) is 24.7 Å². The van der Waals surface area contributed by atoms with Crippen LogP contribution in [0, 0.1) is 5.82 Å². The molecular weight excluding hydrogens is 251 g/mol. The molecule has 1 N–H and O–H groups in total. The Morgan fingerprint density at radius 3 is 2.80 bits per heavy atom. The lowest BCUT2D eigenvalue weighted by Crippen LogP contribution is -2.20. The summed E-state index contributed by atoms with van der Waals surface area (Å²) in [6.45, 7) is 4.80. The van der Waals surface area contributed by atoms with Crippen LogP contribution in [0.15, 0.2) is 18.2 Å². The maximum Gasteiger partial charge on any atom is 0.127 e. The number of hydrogen-bond donors (Lipinski definition) is 1. The van der Waals surface area contributed by atoms with E-state index < -0.39 is 0 Å². The number of nitrogens with one attached hydrogen (secondary N) is 1. The zero-order chi connectivity index (χ0) is 14.4. The van der Waals surface area contributed by atoms with E-state index in [-0.39, 0.29) is 5.82 Å². The van der Waals surface area contributed by atoms with Gasteiger partial charge in [-0.3, -0.25) is 0 Å². The Bertz CT molecular complexity index is 415. The minimum atomic E-state index is -0.0810. The summed E-state index contributed by atoms with van der Waals surface area (Å²) < 4.78 is 13.9. The molecule has 0 heterocycles. The quantitative estimate of drug-likeness (QED) is 0.693. The smallest absolute Gasteiger partial charge is 0.127 e.